The predicted molar refractivity (Wildman–Crippen MR) is 76.6 cm³/mol. The Kier molecular flexibility index (Phi) is 4.56. The van der Waals surface area contributed by atoms with Crippen LogP contribution >= 0.6 is 58.0 Å². The summed E-state index contributed by atoms with van der Waals surface area (Å²) in [5.74, 6) is 0. The number of halogens is 5. The fourth-order valence-electron chi connectivity index (χ4n) is 1.76. The Balaban J connectivity index is 2.52. The van der Waals surface area contributed by atoms with Crippen molar-refractivity contribution < 1.29 is 0 Å². The third-order valence-electron chi connectivity index (χ3n) is 2.62. The van der Waals surface area contributed by atoms with Crippen LogP contribution in [0.3, 0.4) is 0 Å². The van der Waals surface area contributed by atoms with Crippen LogP contribution < -0.4 is 10.2 Å². The van der Waals surface area contributed by atoms with Gasteiger partial charge < -0.3 is 10.2 Å². The minimum atomic E-state index is 0.196. The van der Waals surface area contributed by atoms with E-state index in [-0.39, 0.29) is 15.1 Å². The molecule has 94 valence electrons. The molecule has 1 heterocycles. The molecule has 0 spiro atoms. The molecule has 0 aromatic heterocycles. The van der Waals surface area contributed by atoms with Crippen molar-refractivity contribution in [3.63, 3.8) is 0 Å². The second-order valence-electron chi connectivity index (χ2n) is 3.66. The highest BCUT2D eigenvalue weighted by Crippen LogP contribution is 2.48. The fourth-order valence-corrected chi connectivity index (χ4v) is 3.13. The third kappa shape index (κ3) is 2.58. The topological polar surface area (TPSA) is 15.3 Å². The zero-order valence-corrected chi connectivity index (χ0v) is 12.4. The molecule has 2 nitrogen and oxygen atoms in total. The molecule has 2 rings (SSSR count). The zero-order chi connectivity index (χ0) is 12.6. The summed E-state index contributed by atoms with van der Waals surface area (Å²) in [6, 6.07) is 0. The van der Waals surface area contributed by atoms with Gasteiger partial charge in [0.25, 0.3) is 0 Å². The van der Waals surface area contributed by atoms with E-state index in [1.54, 1.807) is 0 Å². The normalized spacial score (nSPS) is 16.4. The van der Waals surface area contributed by atoms with Crippen molar-refractivity contribution in [1.29, 1.82) is 0 Å². The van der Waals surface area contributed by atoms with Crippen molar-refractivity contribution >= 4 is 63.7 Å². The molecule has 0 bridgehead atoms. The van der Waals surface area contributed by atoms with Crippen LogP contribution in [0.1, 0.15) is 0 Å². The summed E-state index contributed by atoms with van der Waals surface area (Å²) in [6.45, 7) is 3.33. The third-order valence-corrected chi connectivity index (χ3v) is 4.88. The van der Waals surface area contributed by atoms with E-state index < -0.39 is 0 Å². The van der Waals surface area contributed by atoms with Crippen LogP contribution in [-0.2, 0) is 0 Å². The molecule has 0 aliphatic carbocycles. The first kappa shape index (κ1) is 13.9. The van der Waals surface area contributed by atoms with Crippen molar-refractivity contribution in [2.75, 3.05) is 31.1 Å². The van der Waals surface area contributed by atoms with Crippen LogP contribution in [0.5, 0.6) is 0 Å². The Morgan fingerprint density at radius 1 is 0.706 bits per heavy atom. The van der Waals surface area contributed by atoms with Gasteiger partial charge in [-0.05, 0) is 0 Å². The molecule has 1 aliphatic heterocycles. The summed E-state index contributed by atoms with van der Waals surface area (Å²) < 4.78 is 0. The van der Waals surface area contributed by atoms with Gasteiger partial charge in [0, 0.05) is 26.2 Å². The average molecular weight is 334 g/mol. The number of benzene rings is 1. The van der Waals surface area contributed by atoms with Crippen LogP contribution in [0.2, 0.25) is 25.1 Å². The monoisotopic (exact) mass is 332 g/mol. The van der Waals surface area contributed by atoms with E-state index in [4.69, 9.17) is 58.0 Å². The second-order valence-corrected chi connectivity index (χ2v) is 5.55. The molecule has 0 unspecified atom stereocenters. The lowest BCUT2D eigenvalue weighted by molar-refractivity contribution is 0.589. The molecule has 1 aromatic carbocycles. The zero-order valence-electron chi connectivity index (χ0n) is 8.67. The minimum absolute atomic E-state index is 0.196. The first-order valence-corrected chi connectivity index (χ1v) is 6.90. The van der Waals surface area contributed by atoms with Gasteiger partial charge in [0.2, 0.25) is 0 Å². The molecule has 1 saturated heterocycles. The van der Waals surface area contributed by atoms with Gasteiger partial charge in [-0.2, -0.15) is 0 Å². The number of anilines is 1. The SMILES string of the molecule is Clc1c(Cl)c(Cl)c(N2CCNCC2)c(Cl)c1Cl. The van der Waals surface area contributed by atoms with Crippen LogP contribution in [0.25, 0.3) is 0 Å². The van der Waals surface area contributed by atoms with E-state index in [1.807, 2.05) is 0 Å². The van der Waals surface area contributed by atoms with Gasteiger partial charge in [-0.15, -0.1) is 0 Å². The van der Waals surface area contributed by atoms with Gasteiger partial charge >= 0.3 is 0 Å². The van der Waals surface area contributed by atoms with Crippen LogP contribution in [0.15, 0.2) is 0 Å². The van der Waals surface area contributed by atoms with E-state index in [1.165, 1.54) is 0 Å². The lowest BCUT2D eigenvalue weighted by atomic mass is 10.2. The van der Waals surface area contributed by atoms with Crippen LogP contribution in [-0.4, -0.2) is 26.2 Å². The summed E-state index contributed by atoms with van der Waals surface area (Å²) in [7, 11) is 0. The summed E-state index contributed by atoms with van der Waals surface area (Å²) in [6.07, 6.45) is 0. The fraction of sp³-hybridized carbons (Fsp3) is 0.400. The maximum absolute atomic E-state index is 6.19. The van der Waals surface area contributed by atoms with Gasteiger partial charge in [0.15, 0.2) is 0 Å². The Labute approximate surface area is 125 Å². The summed E-state index contributed by atoms with van der Waals surface area (Å²) in [5, 5.41) is 4.64. The molecular weight excluding hydrogens is 325 g/mol. The number of piperazine rings is 1. The molecule has 7 heteroatoms. The molecule has 1 N–H and O–H groups in total. The number of rotatable bonds is 1. The lowest BCUT2D eigenvalue weighted by Crippen LogP contribution is -2.43. The summed E-state index contributed by atoms with van der Waals surface area (Å²) in [5.41, 5.74) is 0.661. The van der Waals surface area contributed by atoms with E-state index in [0.29, 0.717) is 15.7 Å². The van der Waals surface area contributed by atoms with E-state index >= 15 is 0 Å². The Bertz CT molecular complexity index is 414. The Morgan fingerprint density at radius 2 is 1.12 bits per heavy atom. The van der Waals surface area contributed by atoms with Gasteiger partial charge in [-0.25, -0.2) is 0 Å². The summed E-state index contributed by atoms with van der Waals surface area (Å²) in [4.78, 5) is 2.05. The maximum atomic E-state index is 6.19. The molecule has 1 aliphatic rings. The molecular formula is C10H9Cl5N2. The molecule has 1 aromatic rings. The van der Waals surface area contributed by atoms with Gasteiger partial charge in [0.1, 0.15) is 0 Å². The first-order valence-electron chi connectivity index (χ1n) is 5.01. The number of nitrogens with one attached hydrogen (secondary N) is 1. The Morgan fingerprint density at radius 3 is 1.59 bits per heavy atom. The number of hydrogen-bond acceptors (Lipinski definition) is 2. The predicted octanol–water partition coefficient (Wildman–Crippen LogP) is 4.36. The highest BCUT2D eigenvalue weighted by Gasteiger charge is 2.24. The maximum Gasteiger partial charge on any atom is 0.0857 e. The second kappa shape index (κ2) is 5.60. The van der Waals surface area contributed by atoms with E-state index in [0.717, 1.165) is 26.2 Å². The highest BCUT2D eigenvalue weighted by molar-refractivity contribution is 6.56. The van der Waals surface area contributed by atoms with Crippen LogP contribution in [0.4, 0.5) is 5.69 Å². The number of nitrogens with zero attached hydrogens (tertiary/aromatic N) is 1. The average Bonchev–Trinajstić information content (AvgIpc) is 2.36. The first-order chi connectivity index (χ1) is 8.04. The van der Waals surface area contributed by atoms with Crippen molar-refractivity contribution in [3.05, 3.63) is 25.1 Å². The van der Waals surface area contributed by atoms with Gasteiger partial charge in [-0.3, -0.25) is 0 Å². The minimum Gasteiger partial charge on any atom is -0.366 e. The lowest BCUT2D eigenvalue weighted by Gasteiger charge is -2.31. The van der Waals surface area contributed by atoms with Crippen molar-refractivity contribution in [2.45, 2.75) is 0 Å². The van der Waals surface area contributed by atoms with Gasteiger partial charge in [0.05, 0.1) is 30.8 Å². The van der Waals surface area contributed by atoms with E-state index in [2.05, 4.69) is 10.2 Å². The van der Waals surface area contributed by atoms with Crippen molar-refractivity contribution in [3.8, 4) is 0 Å². The van der Waals surface area contributed by atoms with Crippen LogP contribution in [0, 0.1) is 0 Å². The van der Waals surface area contributed by atoms with E-state index in [9.17, 15) is 0 Å². The smallest absolute Gasteiger partial charge is 0.0857 e. The number of hydrogen-bond donors (Lipinski definition) is 1. The quantitative estimate of drug-likeness (QED) is 0.606. The molecule has 0 radical (unpaired) electrons. The largest absolute Gasteiger partial charge is 0.366 e. The molecule has 0 amide bonds. The standard InChI is InChI=1S/C10H9Cl5N2/c11-5-6(12)8(14)10(9(15)7(5)13)17-3-1-16-2-4-17/h16H,1-4H2. The highest BCUT2D eigenvalue weighted by atomic mass is 35.5. The molecule has 0 atom stereocenters. The summed E-state index contributed by atoms with van der Waals surface area (Å²) >= 11 is 30.4. The molecule has 1 fully saturated rings. The molecule has 0 saturated carbocycles. The van der Waals surface area contributed by atoms with Gasteiger partial charge in [-0.1, -0.05) is 58.0 Å². The van der Waals surface area contributed by atoms with Crippen molar-refractivity contribution in [1.82, 2.24) is 5.32 Å². The Hall–Kier alpha value is 0.430. The van der Waals surface area contributed by atoms with Crippen molar-refractivity contribution in [2.24, 2.45) is 0 Å². The molecule has 17 heavy (non-hydrogen) atoms.